The predicted molar refractivity (Wildman–Crippen MR) is 106 cm³/mol. The number of carbonyl (C=O) groups is 1. The molecule has 0 bridgehead atoms. The maximum Gasteiger partial charge on any atom is 0.341 e. The van der Waals surface area contributed by atoms with Crippen molar-refractivity contribution in [2.24, 2.45) is 0 Å². The van der Waals surface area contributed by atoms with Crippen LogP contribution in [0.4, 0.5) is 5.69 Å². The first kappa shape index (κ1) is 22.8. The van der Waals surface area contributed by atoms with Crippen molar-refractivity contribution < 1.29 is 35.8 Å². The van der Waals surface area contributed by atoms with E-state index in [0.29, 0.717) is 4.31 Å². The summed E-state index contributed by atoms with van der Waals surface area (Å²) in [5, 5.41) is 20.6. The largest absolute Gasteiger partial charge is 0.392 e. The highest BCUT2D eigenvalue weighted by Gasteiger charge is 2.45. The van der Waals surface area contributed by atoms with E-state index in [1.54, 1.807) is 19.1 Å². The van der Waals surface area contributed by atoms with Gasteiger partial charge in [0.25, 0.3) is 5.69 Å². The molecule has 11 nitrogen and oxygen atoms in total. The molecule has 1 fully saturated rings. The van der Waals surface area contributed by atoms with E-state index in [4.69, 9.17) is 0 Å². The van der Waals surface area contributed by atoms with Crippen molar-refractivity contribution in [3.05, 3.63) is 64.2 Å². The third-order valence-electron chi connectivity index (χ3n) is 4.66. The lowest BCUT2D eigenvalue weighted by Crippen LogP contribution is -2.42. The van der Waals surface area contributed by atoms with E-state index >= 15 is 0 Å². The van der Waals surface area contributed by atoms with Gasteiger partial charge in [-0.3, -0.25) is 10.1 Å². The van der Waals surface area contributed by atoms with E-state index in [1.807, 2.05) is 0 Å². The van der Waals surface area contributed by atoms with Gasteiger partial charge in [0.2, 0.25) is 10.0 Å². The van der Waals surface area contributed by atoms with Gasteiger partial charge in [-0.05, 0) is 31.2 Å². The smallest absolute Gasteiger partial charge is 0.341 e. The molecule has 1 heterocycles. The normalized spacial score (nSPS) is 19.8. The second-order valence-corrected chi connectivity index (χ2v) is 10.3. The number of nitro groups is 1. The molecule has 0 aromatic heterocycles. The zero-order valence-corrected chi connectivity index (χ0v) is 17.7. The topological polar surface area (TPSA) is 161 Å². The van der Waals surface area contributed by atoms with Gasteiger partial charge in [0.1, 0.15) is 10.9 Å². The van der Waals surface area contributed by atoms with Gasteiger partial charge in [-0.2, -0.15) is 12.7 Å². The number of carbonyl (C=O) groups excluding carboxylic acids is 1. The summed E-state index contributed by atoms with van der Waals surface area (Å²) in [6.07, 6.45) is -1.54. The maximum absolute atomic E-state index is 12.9. The quantitative estimate of drug-likeness (QED) is 0.368. The van der Waals surface area contributed by atoms with Crippen LogP contribution in [0, 0.1) is 17.0 Å². The Bertz CT molecular complexity index is 1210. The number of nitro benzene ring substituents is 1. The first-order valence-electron chi connectivity index (χ1n) is 8.91. The molecule has 2 aromatic rings. The van der Waals surface area contributed by atoms with Crippen LogP contribution in [0.25, 0.3) is 0 Å². The van der Waals surface area contributed by atoms with Crippen LogP contribution in [0.1, 0.15) is 12.0 Å². The van der Waals surface area contributed by atoms with Crippen molar-refractivity contribution in [1.82, 2.24) is 4.31 Å². The number of hydrogen-bond acceptors (Lipinski definition) is 9. The molecule has 1 aliphatic heterocycles. The lowest BCUT2D eigenvalue weighted by Gasteiger charge is -2.22. The number of benzene rings is 2. The summed E-state index contributed by atoms with van der Waals surface area (Å²) in [5.74, 6) is -1.38. The Morgan fingerprint density at radius 3 is 2.16 bits per heavy atom. The summed E-state index contributed by atoms with van der Waals surface area (Å²) in [6.45, 7) is 1.35. The summed E-state index contributed by atoms with van der Waals surface area (Å²) in [4.78, 5) is 21.9. The molecule has 0 aliphatic carbocycles. The Labute approximate surface area is 178 Å². The predicted octanol–water partition coefficient (Wildman–Crippen LogP) is 0.959. The highest BCUT2D eigenvalue weighted by molar-refractivity contribution is 7.89. The fourth-order valence-electron chi connectivity index (χ4n) is 3.06. The standard InChI is InChI=1S/C18H18N2O9S2/c1-12-2-6-15(7-3-12)30(25,26)19-11-14(21)10-17(19)18(22)29-31(27,28)16-8-4-13(5-9-16)20(23)24/h2-9,14,17,21H,10-11H2,1H3. The van der Waals surface area contributed by atoms with Gasteiger partial charge in [0.05, 0.1) is 15.9 Å². The fourth-order valence-corrected chi connectivity index (χ4v) is 5.58. The van der Waals surface area contributed by atoms with Gasteiger partial charge in [0.15, 0.2) is 0 Å². The number of hydrogen-bond donors (Lipinski definition) is 1. The van der Waals surface area contributed by atoms with Gasteiger partial charge in [-0.1, -0.05) is 17.7 Å². The number of rotatable bonds is 6. The van der Waals surface area contributed by atoms with Crippen LogP contribution < -0.4 is 0 Å². The third kappa shape index (κ3) is 4.74. The zero-order chi connectivity index (χ0) is 23.0. The van der Waals surface area contributed by atoms with E-state index in [-0.39, 0.29) is 17.0 Å². The molecule has 13 heteroatoms. The average molecular weight is 470 g/mol. The molecule has 0 saturated carbocycles. The molecule has 1 saturated heterocycles. The first-order valence-corrected chi connectivity index (χ1v) is 11.8. The highest BCUT2D eigenvalue weighted by Crippen LogP contribution is 2.28. The van der Waals surface area contributed by atoms with Gasteiger partial charge in [0, 0.05) is 25.1 Å². The number of β-amino-alcohol motifs (C(OH)–C–C–N with tert-alkyl or cyclic N) is 1. The Hall–Kier alpha value is -2.87. The Balaban J connectivity index is 1.85. The van der Waals surface area contributed by atoms with Crippen molar-refractivity contribution in [2.45, 2.75) is 35.3 Å². The zero-order valence-electron chi connectivity index (χ0n) is 16.1. The van der Waals surface area contributed by atoms with E-state index in [9.17, 15) is 36.9 Å². The molecular formula is C18H18N2O9S2. The molecular weight excluding hydrogens is 452 g/mol. The summed E-state index contributed by atoms with van der Waals surface area (Å²) < 4.78 is 55.9. The van der Waals surface area contributed by atoms with E-state index in [1.165, 1.54) is 12.1 Å². The van der Waals surface area contributed by atoms with Crippen LogP contribution in [0.5, 0.6) is 0 Å². The van der Waals surface area contributed by atoms with Crippen LogP contribution >= 0.6 is 0 Å². The Morgan fingerprint density at radius 2 is 1.61 bits per heavy atom. The molecule has 0 amide bonds. The summed E-state index contributed by atoms with van der Waals surface area (Å²) in [6, 6.07) is 7.88. The Morgan fingerprint density at radius 1 is 1.06 bits per heavy atom. The lowest BCUT2D eigenvalue weighted by molar-refractivity contribution is -0.384. The van der Waals surface area contributed by atoms with Crippen molar-refractivity contribution in [1.29, 1.82) is 0 Å². The van der Waals surface area contributed by atoms with Crippen LogP contribution in [-0.2, 0) is 29.1 Å². The van der Waals surface area contributed by atoms with Crippen molar-refractivity contribution in [3.8, 4) is 0 Å². The van der Waals surface area contributed by atoms with Crippen LogP contribution in [-0.4, -0.2) is 55.8 Å². The van der Waals surface area contributed by atoms with Crippen molar-refractivity contribution in [2.75, 3.05) is 6.54 Å². The summed E-state index contributed by atoms with van der Waals surface area (Å²) in [5.41, 5.74) is 0.449. The van der Waals surface area contributed by atoms with Gasteiger partial charge in [-0.15, -0.1) is 0 Å². The summed E-state index contributed by atoms with van der Waals surface area (Å²) in [7, 11) is -8.89. The highest BCUT2D eigenvalue weighted by atomic mass is 32.2. The fraction of sp³-hybridized carbons (Fsp3) is 0.278. The lowest BCUT2D eigenvalue weighted by atomic mass is 10.2. The van der Waals surface area contributed by atoms with Crippen LogP contribution in [0.2, 0.25) is 0 Å². The first-order chi connectivity index (χ1) is 14.4. The number of aryl methyl sites for hydroxylation is 1. The molecule has 1 N–H and O–H groups in total. The van der Waals surface area contributed by atoms with E-state index in [2.05, 4.69) is 4.18 Å². The van der Waals surface area contributed by atoms with Crippen LogP contribution in [0.3, 0.4) is 0 Å². The Kier molecular flexibility index (Phi) is 6.14. The van der Waals surface area contributed by atoms with Gasteiger partial charge >= 0.3 is 16.1 Å². The third-order valence-corrected chi connectivity index (χ3v) is 7.78. The van der Waals surface area contributed by atoms with Crippen LogP contribution in [0.15, 0.2) is 58.3 Å². The molecule has 0 radical (unpaired) electrons. The molecule has 3 rings (SSSR count). The number of nitrogens with zero attached hydrogens (tertiary/aromatic N) is 2. The number of non-ortho nitro benzene ring substituents is 1. The molecule has 31 heavy (non-hydrogen) atoms. The maximum atomic E-state index is 12.9. The van der Waals surface area contributed by atoms with E-state index < -0.39 is 54.6 Å². The second-order valence-electron chi connectivity index (χ2n) is 6.90. The number of sulfonamides is 1. The molecule has 2 unspecified atom stereocenters. The monoisotopic (exact) mass is 470 g/mol. The summed E-state index contributed by atoms with van der Waals surface area (Å²) >= 11 is 0. The molecule has 2 aromatic carbocycles. The molecule has 166 valence electrons. The number of aliphatic hydroxyl groups excluding tert-OH is 1. The average Bonchev–Trinajstić information content (AvgIpc) is 3.11. The minimum absolute atomic E-state index is 0.122. The van der Waals surface area contributed by atoms with Crippen molar-refractivity contribution >= 4 is 31.8 Å². The van der Waals surface area contributed by atoms with Crippen molar-refractivity contribution in [3.63, 3.8) is 0 Å². The molecule has 1 aliphatic rings. The minimum Gasteiger partial charge on any atom is -0.392 e. The second kappa shape index (κ2) is 8.34. The number of aliphatic hydroxyl groups is 1. The molecule has 0 spiro atoms. The van der Waals surface area contributed by atoms with E-state index in [0.717, 1.165) is 29.8 Å². The SMILES string of the molecule is Cc1ccc(S(=O)(=O)N2CC(O)CC2C(=O)OS(=O)(=O)c2ccc([N+](=O)[O-])cc2)cc1. The minimum atomic E-state index is -4.67. The van der Waals surface area contributed by atoms with Gasteiger partial charge < -0.3 is 9.29 Å². The van der Waals surface area contributed by atoms with Gasteiger partial charge in [-0.25, -0.2) is 13.2 Å². The molecule has 2 atom stereocenters.